The Hall–Kier alpha value is -1.94. The number of thiazole rings is 1. The summed E-state index contributed by atoms with van der Waals surface area (Å²) >= 11 is 1.66. The van der Waals surface area contributed by atoms with Crippen LogP contribution in [-0.4, -0.2) is 15.7 Å². The average Bonchev–Trinajstić information content (AvgIpc) is 3.05. The van der Waals surface area contributed by atoms with Crippen LogP contribution >= 0.6 is 11.3 Å². The average molecular weight is 298 g/mol. The molecule has 108 valence electrons. The predicted molar refractivity (Wildman–Crippen MR) is 87.4 cm³/mol. The molecule has 0 spiro atoms. The van der Waals surface area contributed by atoms with E-state index in [0.717, 1.165) is 28.9 Å². The third kappa shape index (κ3) is 2.29. The van der Waals surface area contributed by atoms with Gasteiger partial charge in [-0.25, -0.2) is 4.98 Å². The minimum absolute atomic E-state index is 0.519. The number of benzene rings is 1. The molecule has 0 radical (unpaired) electrons. The second-order valence-electron chi connectivity index (χ2n) is 5.42. The second kappa shape index (κ2) is 5.45. The van der Waals surface area contributed by atoms with Crippen LogP contribution in [0.2, 0.25) is 0 Å². The van der Waals surface area contributed by atoms with Gasteiger partial charge in [-0.15, -0.1) is 11.3 Å². The van der Waals surface area contributed by atoms with Gasteiger partial charge in [0.1, 0.15) is 5.69 Å². The van der Waals surface area contributed by atoms with E-state index in [0.29, 0.717) is 11.6 Å². The zero-order valence-corrected chi connectivity index (χ0v) is 13.3. The van der Waals surface area contributed by atoms with Crippen molar-refractivity contribution in [1.29, 1.82) is 0 Å². The van der Waals surface area contributed by atoms with Crippen LogP contribution in [0.5, 0.6) is 0 Å². The molecular formula is C17H18N2OS. The van der Waals surface area contributed by atoms with Gasteiger partial charge < -0.3 is 0 Å². The summed E-state index contributed by atoms with van der Waals surface area (Å²) in [6.07, 6.45) is 3.45. The molecule has 0 atom stereocenters. The molecule has 0 saturated heterocycles. The van der Waals surface area contributed by atoms with Gasteiger partial charge in [0.25, 0.3) is 0 Å². The van der Waals surface area contributed by atoms with Crippen molar-refractivity contribution in [2.75, 3.05) is 0 Å². The van der Waals surface area contributed by atoms with E-state index in [2.05, 4.69) is 50.0 Å². The first-order chi connectivity index (χ1) is 10.2. The Morgan fingerprint density at radius 1 is 1.29 bits per heavy atom. The fourth-order valence-electron chi connectivity index (χ4n) is 2.57. The number of hydrogen-bond donors (Lipinski definition) is 0. The van der Waals surface area contributed by atoms with E-state index in [9.17, 15) is 4.79 Å². The molecule has 0 fully saturated rings. The topological polar surface area (TPSA) is 34.4 Å². The van der Waals surface area contributed by atoms with Crippen molar-refractivity contribution >= 4 is 22.6 Å². The van der Waals surface area contributed by atoms with E-state index in [4.69, 9.17) is 0 Å². The minimum atomic E-state index is 0.519. The maximum atomic E-state index is 11.2. The summed E-state index contributed by atoms with van der Waals surface area (Å²) in [6.45, 7) is 6.52. The van der Waals surface area contributed by atoms with Crippen LogP contribution in [0.4, 0.5) is 0 Å². The lowest BCUT2D eigenvalue weighted by atomic mass is 10.0. The van der Waals surface area contributed by atoms with E-state index < -0.39 is 0 Å². The van der Waals surface area contributed by atoms with Gasteiger partial charge in [0.2, 0.25) is 0 Å². The van der Waals surface area contributed by atoms with Crippen molar-refractivity contribution in [2.45, 2.75) is 33.1 Å². The molecule has 0 aliphatic carbocycles. The Balaban J connectivity index is 2.22. The van der Waals surface area contributed by atoms with E-state index >= 15 is 0 Å². The van der Waals surface area contributed by atoms with Crippen molar-refractivity contribution in [3.8, 4) is 11.3 Å². The standard InChI is InChI=1S/C17H18N2OS/c1-4-15-16(13-7-5-12(6-8-13)11(2)3)19-14(10-20)9-18-17(19)21-15/h5-11H,4H2,1-3H3. The molecule has 0 aliphatic heterocycles. The first kappa shape index (κ1) is 14.0. The lowest BCUT2D eigenvalue weighted by Crippen LogP contribution is -1.95. The van der Waals surface area contributed by atoms with Gasteiger partial charge >= 0.3 is 0 Å². The van der Waals surface area contributed by atoms with Crippen LogP contribution in [-0.2, 0) is 6.42 Å². The molecule has 1 aromatic carbocycles. The molecule has 2 aromatic heterocycles. The lowest BCUT2D eigenvalue weighted by Gasteiger charge is -2.08. The number of nitrogens with zero attached hydrogens (tertiary/aromatic N) is 2. The Labute approximate surface area is 128 Å². The quantitative estimate of drug-likeness (QED) is 0.662. The molecule has 0 aliphatic rings. The molecule has 3 aromatic rings. The van der Waals surface area contributed by atoms with Crippen molar-refractivity contribution < 1.29 is 4.79 Å². The minimum Gasteiger partial charge on any atom is -0.296 e. The summed E-state index contributed by atoms with van der Waals surface area (Å²) in [5.41, 5.74) is 4.18. The maximum absolute atomic E-state index is 11.2. The monoisotopic (exact) mass is 298 g/mol. The van der Waals surface area contributed by atoms with E-state index in [-0.39, 0.29) is 0 Å². The van der Waals surface area contributed by atoms with Crippen LogP contribution in [0, 0.1) is 0 Å². The summed E-state index contributed by atoms with van der Waals surface area (Å²) in [5, 5.41) is 0. The summed E-state index contributed by atoms with van der Waals surface area (Å²) < 4.78 is 1.97. The van der Waals surface area contributed by atoms with Crippen LogP contribution in [0.1, 0.15) is 47.6 Å². The Morgan fingerprint density at radius 3 is 2.57 bits per heavy atom. The highest BCUT2D eigenvalue weighted by Gasteiger charge is 2.16. The predicted octanol–water partition coefficient (Wildman–Crippen LogP) is 4.56. The smallest absolute Gasteiger partial charge is 0.194 e. The number of fused-ring (bicyclic) bond motifs is 1. The van der Waals surface area contributed by atoms with Gasteiger partial charge in [-0.1, -0.05) is 45.0 Å². The van der Waals surface area contributed by atoms with Gasteiger partial charge in [-0.2, -0.15) is 0 Å². The molecule has 0 N–H and O–H groups in total. The largest absolute Gasteiger partial charge is 0.296 e. The first-order valence-electron chi connectivity index (χ1n) is 7.20. The summed E-state index contributed by atoms with van der Waals surface area (Å²) in [6, 6.07) is 8.62. The zero-order chi connectivity index (χ0) is 15.0. The molecule has 3 nitrogen and oxygen atoms in total. The Kier molecular flexibility index (Phi) is 3.64. The number of aromatic nitrogens is 2. The highest BCUT2D eigenvalue weighted by atomic mass is 32.1. The highest BCUT2D eigenvalue weighted by Crippen LogP contribution is 2.33. The molecular weight excluding hydrogens is 280 g/mol. The number of hydrogen-bond acceptors (Lipinski definition) is 3. The summed E-state index contributed by atoms with van der Waals surface area (Å²) in [7, 11) is 0. The lowest BCUT2D eigenvalue weighted by molar-refractivity contribution is 0.111. The van der Waals surface area contributed by atoms with E-state index in [1.54, 1.807) is 17.5 Å². The maximum Gasteiger partial charge on any atom is 0.194 e. The Morgan fingerprint density at radius 2 is 2.00 bits per heavy atom. The first-order valence-corrected chi connectivity index (χ1v) is 8.02. The van der Waals surface area contributed by atoms with E-state index in [1.807, 2.05) is 4.40 Å². The Bertz CT molecular complexity index is 781. The van der Waals surface area contributed by atoms with Crippen LogP contribution in [0.25, 0.3) is 16.2 Å². The zero-order valence-electron chi connectivity index (χ0n) is 12.5. The van der Waals surface area contributed by atoms with Gasteiger partial charge in [0, 0.05) is 4.88 Å². The molecule has 0 bridgehead atoms. The van der Waals surface area contributed by atoms with Crippen LogP contribution in [0.15, 0.2) is 30.5 Å². The van der Waals surface area contributed by atoms with Crippen LogP contribution in [0.3, 0.4) is 0 Å². The highest BCUT2D eigenvalue weighted by molar-refractivity contribution is 7.17. The molecule has 0 amide bonds. The van der Waals surface area contributed by atoms with Gasteiger partial charge in [-0.05, 0) is 23.5 Å². The molecule has 4 heteroatoms. The fraction of sp³-hybridized carbons (Fsp3) is 0.294. The van der Waals surface area contributed by atoms with Crippen molar-refractivity contribution in [2.24, 2.45) is 0 Å². The van der Waals surface area contributed by atoms with Crippen molar-refractivity contribution in [1.82, 2.24) is 9.38 Å². The van der Waals surface area contributed by atoms with Crippen molar-refractivity contribution in [3.05, 3.63) is 46.6 Å². The van der Waals surface area contributed by atoms with Gasteiger partial charge in [0.15, 0.2) is 11.2 Å². The fourth-order valence-corrected chi connectivity index (χ4v) is 3.63. The molecule has 0 unspecified atom stereocenters. The third-order valence-corrected chi connectivity index (χ3v) is 4.95. The molecule has 21 heavy (non-hydrogen) atoms. The van der Waals surface area contributed by atoms with Crippen LogP contribution < -0.4 is 0 Å². The third-order valence-electron chi connectivity index (χ3n) is 3.75. The number of carbonyl (C=O) groups is 1. The summed E-state index contributed by atoms with van der Waals surface area (Å²) in [4.78, 5) is 17.7. The SMILES string of the molecule is CCc1sc2ncc(C=O)n2c1-c1ccc(C(C)C)cc1. The molecule has 3 rings (SSSR count). The molecule has 0 saturated carbocycles. The summed E-state index contributed by atoms with van der Waals surface area (Å²) in [5.74, 6) is 0.519. The second-order valence-corrected chi connectivity index (χ2v) is 6.49. The number of carbonyl (C=O) groups excluding carboxylic acids is 1. The number of rotatable bonds is 4. The molecule has 2 heterocycles. The van der Waals surface area contributed by atoms with Crippen molar-refractivity contribution in [3.63, 3.8) is 0 Å². The normalized spacial score (nSPS) is 11.4. The number of imidazole rings is 1. The number of aryl methyl sites for hydroxylation is 1. The number of aldehydes is 1. The van der Waals surface area contributed by atoms with E-state index in [1.165, 1.54) is 10.4 Å². The van der Waals surface area contributed by atoms with Gasteiger partial charge in [-0.3, -0.25) is 9.20 Å². The van der Waals surface area contributed by atoms with Gasteiger partial charge in [0.05, 0.1) is 11.9 Å².